The van der Waals surface area contributed by atoms with E-state index in [0.29, 0.717) is 12.1 Å². The van der Waals surface area contributed by atoms with Crippen LogP contribution in [0, 0.1) is 5.82 Å². The van der Waals surface area contributed by atoms with Crippen molar-refractivity contribution in [1.82, 2.24) is 4.90 Å². The summed E-state index contributed by atoms with van der Waals surface area (Å²) in [6.45, 7) is -0.462. The van der Waals surface area contributed by atoms with Crippen LogP contribution in [-0.4, -0.2) is 57.8 Å². The minimum Gasteiger partial charge on any atom is -0.334 e. The van der Waals surface area contributed by atoms with E-state index in [9.17, 15) is 26.0 Å². The molecule has 2 aromatic carbocycles. The Kier molecular flexibility index (Phi) is 6.76. The summed E-state index contributed by atoms with van der Waals surface area (Å²) < 4.78 is 65.6. The fraction of sp³-hybridized carbons (Fsp3) is 0.435. The first-order chi connectivity index (χ1) is 15.7. The number of amides is 1. The molecule has 2 aliphatic rings. The number of hydrogen-bond acceptors (Lipinski definition) is 5. The largest absolute Gasteiger partial charge is 0.334 e. The number of sulfone groups is 1. The highest BCUT2D eigenvalue weighted by Crippen LogP contribution is 2.31. The van der Waals surface area contributed by atoms with E-state index in [2.05, 4.69) is 0 Å². The summed E-state index contributed by atoms with van der Waals surface area (Å²) in [5.41, 5.74) is 0.306. The van der Waals surface area contributed by atoms with E-state index in [4.69, 9.17) is 0 Å². The molecule has 1 saturated carbocycles. The van der Waals surface area contributed by atoms with Crippen LogP contribution in [0.2, 0.25) is 0 Å². The minimum absolute atomic E-state index is 0.0322. The Bertz CT molecular complexity index is 1200. The second-order valence-electron chi connectivity index (χ2n) is 8.60. The van der Waals surface area contributed by atoms with Gasteiger partial charge in [-0.3, -0.25) is 9.10 Å². The number of para-hydroxylation sites is 1. The molecular weight excluding hydrogens is 467 g/mol. The van der Waals surface area contributed by atoms with Crippen LogP contribution in [0.4, 0.5) is 10.1 Å². The number of halogens is 1. The third-order valence-corrected chi connectivity index (χ3v) is 9.87. The molecule has 1 amide bonds. The summed E-state index contributed by atoms with van der Waals surface area (Å²) in [4.78, 5) is 15.1. The minimum atomic E-state index is -4.17. The Labute approximate surface area is 194 Å². The highest BCUT2D eigenvalue weighted by Gasteiger charge is 2.40. The molecule has 0 aromatic heterocycles. The van der Waals surface area contributed by atoms with Gasteiger partial charge in [-0.2, -0.15) is 0 Å². The average Bonchev–Trinajstić information content (AvgIpc) is 3.43. The van der Waals surface area contributed by atoms with E-state index in [1.807, 2.05) is 0 Å². The molecule has 0 N–H and O–H groups in total. The molecule has 10 heteroatoms. The van der Waals surface area contributed by atoms with Crippen LogP contribution in [0.3, 0.4) is 0 Å². The van der Waals surface area contributed by atoms with Gasteiger partial charge in [-0.25, -0.2) is 21.2 Å². The lowest BCUT2D eigenvalue weighted by Crippen LogP contribution is -2.51. The van der Waals surface area contributed by atoms with Crippen molar-refractivity contribution < 1.29 is 26.0 Å². The fourth-order valence-corrected chi connectivity index (χ4v) is 7.86. The van der Waals surface area contributed by atoms with Gasteiger partial charge in [0.15, 0.2) is 9.84 Å². The van der Waals surface area contributed by atoms with Crippen molar-refractivity contribution in [2.45, 2.75) is 49.1 Å². The lowest BCUT2D eigenvalue weighted by atomic mass is 10.1. The third kappa shape index (κ3) is 5.22. The highest BCUT2D eigenvalue weighted by molar-refractivity contribution is 7.93. The molecule has 33 heavy (non-hydrogen) atoms. The number of sulfonamides is 1. The molecule has 1 saturated heterocycles. The van der Waals surface area contributed by atoms with Gasteiger partial charge in [-0.05, 0) is 55.7 Å². The van der Waals surface area contributed by atoms with Gasteiger partial charge in [0.25, 0.3) is 10.0 Å². The predicted molar refractivity (Wildman–Crippen MR) is 124 cm³/mol. The Morgan fingerprint density at radius 3 is 2.15 bits per heavy atom. The molecule has 1 aliphatic heterocycles. The topological polar surface area (TPSA) is 91.8 Å². The summed E-state index contributed by atoms with van der Waals surface area (Å²) in [7, 11) is -7.39. The normalized spacial score (nSPS) is 20.6. The molecule has 2 aromatic rings. The summed E-state index contributed by atoms with van der Waals surface area (Å²) in [6, 6.07) is 12.2. The maximum Gasteiger partial charge on any atom is 0.264 e. The second-order valence-corrected chi connectivity index (χ2v) is 12.7. The van der Waals surface area contributed by atoms with E-state index >= 15 is 0 Å². The van der Waals surface area contributed by atoms with Crippen molar-refractivity contribution in [2.24, 2.45) is 0 Å². The van der Waals surface area contributed by atoms with Gasteiger partial charge in [0.1, 0.15) is 12.4 Å². The number of rotatable bonds is 7. The lowest BCUT2D eigenvalue weighted by molar-refractivity contribution is -0.133. The lowest BCUT2D eigenvalue weighted by Gasteiger charge is -2.36. The third-order valence-electron chi connectivity index (χ3n) is 6.33. The van der Waals surface area contributed by atoms with Crippen LogP contribution < -0.4 is 4.31 Å². The number of benzene rings is 2. The fourth-order valence-electron chi connectivity index (χ4n) is 4.73. The molecule has 4 rings (SSSR count). The van der Waals surface area contributed by atoms with Gasteiger partial charge in [-0.1, -0.05) is 31.0 Å². The molecule has 1 unspecified atom stereocenters. The molecule has 178 valence electrons. The quantitative estimate of drug-likeness (QED) is 0.590. The van der Waals surface area contributed by atoms with Gasteiger partial charge in [0, 0.05) is 12.1 Å². The van der Waals surface area contributed by atoms with Crippen molar-refractivity contribution in [3.8, 4) is 0 Å². The van der Waals surface area contributed by atoms with Crippen LogP contribution in [-0.2, 0) is 24.7 Å². The smallest absolute Gasteiger partial charge is 0.264 e. The SMILES string of the molecule is O=C(CN(c1ccccc1)S(=O)(=O)c1ccc(F)cc1)N(C1CCCC1)C1CCS(=O)(=O)C1. The first-order valence-corrected chi connectivity index (χ1v) is 14.3. The highest BCUT2D eigenvalue weighted by atomic mass is 32.2. The summed E-state index contributed by atoms with van der Waals surface area (Å²) in [6.07, 6.45) is 3.81. The van der Waals surface area contributed by atoms with E-state index < -0.39 is 44.2 Å². The van der Waals surface area contributed by atoms with E-state index in [1.165, 1.54) is 12.1 Å². The monoisotopic (exact) mass is 494 g/mol. The molecular formula is C23H27FN2O5S2. The first-order valence-electron chi connectivity index (χ1n) is 11.0. The second kappa shape index (κ2) is 9.42. The Hall–Kier alpha value is -2.46. The molecule has 0 bridgehead atoms. The zero-order valence-electron chi connectivity index (χ0n) is 18.1. The van der Waals surface area contributed by atoms with Crippen molar-refractivity contribution in [2.75, 3.05) is 22.4 Å². The molecule has 0 radical (unpaired) electrons. The van der Waals surface area contributed by atoms with Gasteiger partial charge in [0.05, 0.1) is 22.1 Å². The van der Waals surface area contributed by atoms with Gasteiger partial charge in [0.2, 0.25) is 5.91 Å². The van der Waals surface area contributed by atoms with Crippen molar-refractivity contribution in [3.63, 3.8) is 0 Å². The van der Waals surface area contributed by atoms with Crippen molar-refractivity contribution >= 4 is 31.5 Å². The number of hydrogen-bond donors (Lipinski definition) is 0. The summed E-state index contributed by atoms with van der Waals surface area (Å²) in [5, 5.41) is 0. The van der Waals surface area contributed by atoms with Gasteiger partial charge in [-0.15, -0.1) is 0 Å². The average molecular weight is 495 g/mol. The van der Waals surface area contributed by atoms with Gasteiger partial charge < -0.3 is 4.90 Å². The number of nitrogens with zero attached hydrogens (tertiary/aromatic N) is 2. The standard InChI is InChI=1S/C23H27FN2O5S2/c24-18-10-12-22(13-11-18)33(30,31)25(19-6-2-1-3-7-19)16-23(27)26(20-8-4-5-9-20)21-14-15-32(28,29)17-21/h1-3,6-7,10-13,20-21H,4-5,8-9,14-17H2. The van der Waals surface area contributed by atoms with Crippen molar-refractivity contribution in [3.05, 3.63) is 60.4 Å². The molecule has 1 heterocycles. The maximum atomic E-state index is 13.6. The zero-order chi connectivity index (χ0) is 23.6. The molecule has 2 fully saturated rings. The van der Waals surface area contributed by atoms with Crippen LogP contribution in [0.5, 0.6) is 0 Å². The van der Waals surface area contributed by atoms with Gasteiger partial charge >= 0.3 is 0 Å². The first kappa shape index (κ1) is 23.7. The maximum absolute atomic E-state index is 13.6. The molecule has 7 nitrogen and oxygen atoms in total. The number of anilines is 1. The summed E-state index contributed by atoms with van der Waals surface area (Å²) in [5.74, 6) is -1.04. The van der Waals surface area contributed by atoms with Crippen LogP contribution in [0.25, 0.3) is 0 Å². The molecule has 1 aliphatic carbocycles. The predicted octanol–water partition coefficient (Wildman–Crippen LogP) is 2.98. The number of carbonyl (C=O) groups is 1. The van der Waals surface area contributed by atoms with Crippen LogP contribution in [0.1, 0.15) is 32.1 Å². The van der Waals surface area contributed by atoms with Crippen molar-refractivity contribution in [1.29, 1.82) is 0 Å². The van der Waals surface area contributed by atoms with E-state index in [0.717, 1.165) is 42.1 Å². The Morgan fingerprint density at radius 2 is 1.58 bits per heavy atom. The number of carbonyl (C=O) groups excluding carboxylic acids is 1. The Balaban J connectivity index is 1.68. The summed E-state index contributed by atoms with van der Waals surface area (Å²) >= 11 is 0. The molecule has 0 spiro atoms. The zero-order valence-corrected chi connectivity index (χ0v) is 19.8. The van der Waals surface area contributed by atoms with E-state index in [1.54, 1.807) is 35.2 Å². The van der Waals surface area contributed by atoms with Crippen LogP contribution >= 0.6 is 0 Å². The van der Waals surface area contributed by atoms with Crippen LogP contribution in [0.15, 0.2) is 59.5 Å². The Morgan fingerprint density at radius 1 is 0.939 bits per heavy atom. The van der Waals surface area contributed by atoms with E-state index in [-0.39, 0.29) is 22.4 Å². The molecule has 1 atom stereocenters.